The summed E-state index contributed by atoms with van der Waals surface area (Å²) < 4.78 is 26.8. The molecule has 100 valence electrons. The van der Waals surface area contributed by atoms with Gasteiger partial charge in [0.1, 0.15) is 5.82 Å². The van der Waals surface area contributed by atoms with Gasteiger partial charge in [-0.15, -0.1) is 12.3 Å². The Morgan fingerprint density at radius 3 is 2.74 bits per heavy atom. The molecule has 0 heterocycles. The van der Waals surface area contributed by atoms with Gasteiger partial charge < -0.3 is 5.32 Å². The first-order valence-corrected chi connectivity index (χ1v) is 5.24. The smallest absolute Gasteiger partial charge is 0.308 e. The summed E-state index contributed by atoms with van der Waals surface area (Å²) >= 11 is 0. The van der Waals surface area contributed by atoms with Crippen molar-refractivity contribution in [2.24, 2.45) is 0 Å². The molecule has 0 aromatic heterocycles. The Balaban J connectivity index is 3.10. The lowest BCUT2D eigenvalue weighted by atomic mass is 10.1. The van der Waals surface area contributed by atoms with E-state index in [1.54, 1.807) is 6.92 Å². The highest BCUT2D eigenvalue weighted by molar-refractivity contribution is 5.95. The van der Waals surface area contributed by atoms with Gasteiger partial charge in [-0.05, 0) is 13.0 Å². The fourth-order valence-electron chi connectivity index (χ4n) is 1.40. The zero-order chi connectivity index (χ0) is 14.6. The maximum absolute atomic E-state index is 13.7. The quantitative estimate of drug-likeness (QED) is 0.516. The van der Waals surface area contributed by atoms with Gasteiger partial charge in [0.15, 0.2) is 0 Å². The van der Waals surface area contributed by atoms with Crippen molar-refractivity contribution >= 4 is 11.6 Å². The van der Waals surface area contributed by atoms with Crippen LogP contribution in [0.2, 0.25) is 0 Å². The number of terminal acetylenes is 1. The van der Waals surface area contributed by atoms with Crippen LogP contribution in [0.4, 0.5) is 14.5 Å². The van der Waals surface area contributed by atoms with Gasteiger partial charge in [0.2, 0.25) is 5.82 Å². The third-order valence-electron chi connectivity index (χ3n) is 2.26. The Bertz CT molecular complexity index is 567. The molecule has 0 aliphatic rings. The molecule has 1 N–H and O–H groups in total. The number of hydrogen-bond donors (Lipinski definition) is 1. The van der Waals surface area contributed by atoms with E-state index in [1.165, 1.54) is 0 Å². The zero-order valence-electron chi connectivity index (χ0n) is 9.94. The molecule has 7 heteroatoms. The molecule has 1 amide bonds. The lowest BCUT2D eigenvalue weighted by Crippen LogP contribution is -2.33. The Kier molecular flexibility index (Phi) is 4.53. The molecule has 0 aliphatic carbocycles. The van der Waals surface area contributed by atoms with Gasteiger partial charge in [-0.1, -0.05) is 0 Å². The van der Waals surface area contributed by atoms with Crippen LogP contribution in [0, 0.1) is 34.1 Å². The number of benzene rings is 1. The van der Waals surface area contributed by atoms with E-state index < -0.39 is 39.8 Å². The molecular weight excluding hydrogens is 258 g/mol. The molecule has 5 nitrogen and oxygen atoms in total. The van der Waals surface area contributed by atoms with Gasteiger partial charge in [-0.25, -0.2) is 4.39 Å². The van der Waals surface area contributed by atoms with Crippen molar-refractivity contribution < 1.29 is 18.5 Å². The topological polar surface area (TPSA) is 72.2 Å². The number of nitrogens with zero attached hydrogens (tertiary/aromatic N) is 1. The summed E-state index contributed by atoms with van der Waals surface area (Å²) in [5.41, 5.74) is -1.81. The van der Waals surface area contributed by atoms with Crippen LogP contribution in [0.15, 0.2) is 12.1 Å². The fourth-order valence-corrected chi connectivity index (χ4v) is 1.40. The predicted octanol–water partition coefficient (Wildman–Crippen LogP) is 2.01. The normalized spacial score (nSPS) is 11.5. The second-order valence-electron chi connectivity index (χ2n) is 3.83. The first-order valence-electron chi connectivity index (χ1n) is 5.24. The number of rotatable bonds is 4. The second-order valence-corrected chi connectivity index (χ2v) is 3.83. The summed E-state index contributed by atoms with van der Waals surface area (Å²) in [6, 6.07) is 0.552. The highest BCUT2D eigenvalue weighted by Crippen LogP contribution is 2.22. The molecule has 0 bridgehead atoms. The van der Waals surface area contributed by atoms with Crippen molar-refractivity contribution in [3.8, 4) is 12.3 Å². The average molecular weight is 268 g/mol. The first kappa shape index (κ1) is 14.6. The number of amides is 1. The Morgan fingerprint density at radius 1 is 1.58 bits per heavy atom. The van der Waals surface area contributed by atoms with Crippen molar-refractivity contribution in [1.29, 1.82) is 0 Å². The van der Waals surface area contributed by atoms with Crippen molar-refractivity contribution in [2.75, 3.05) is 0 Å². The molecule has 0 radical (unpaired) electrons. The third-order valence-corrected chi connectivity index (χ3v) is 2.26. The van der Waals surface area contributed by atoms with Crippen molar-refractivity contribution in [3.05, 3.63) is 39.4 Å². The molecule has 0 aliphatic heterocycles. The zero-order valence-corrected chi connectivity index (χ0v) is 9.94. The SMILES string of the molecule is C#CCC(C)NC(=O)c1cc(F)cc([N+](=O)[O-])c1F. The maximum Gasteiger partial charge on any atom is 0.308 e. The minimum atomic E-state index is -1.38. The summed E-state index contributed by atoms with van der Waals surface area (Å²) in [6.07, 6.45) is 5.24. The molecular formula is C12H10F2N2O3. The van der Waals surface area contributed by atoms with Crippen molar-refractivity contribution in [2.45, 2.75) is 19.4 Å². The molecule has 1 atom stereocenters. The number of carbonyl (C=O) groups excluding carboxylic acids is 1. The van der Waals surface area contributed by atoms with Crippen LogP contribution in [0.1, 0.15) is 23.7 Å². The summed E-state index contributed by atoms with van der Waals surface area (Å²) in [4.78, 5) is 21.1. The molecule has 1 aromatic rings. The molecule has 0 saturated carbocycles. The number of halogens is 2. The van der Waals surface area contributed by atoms with E-state index in [-0.39, 0.29) is 6.42 Å². The minimum Gasteiger partial charge on any atom is -0.349 e. The first-order chi connectivity index (χ1) is 8.86. The van der Waals surface area contributed by atoms with Crippen LogP contribution >= 0.6 is 0 Å². The van der Waals surface area contributed by atoms with Crippen LogP contribution in [0.5, 0.6) is 0 Å². The van der Waals surface area contributed by atoms with E-state index in [9.17, 15) is 23.7 Å². The van der Waals surface area contributed by atoms with E-state index >= 15 is 0 Å². The summed E-state index contributed by atoms with van der Waals surface area (Å²) in [7, 11) is 0. The van der Waals surface area contributed by atoms with E-state index in [2.05, 4.69) is 11.2 Å². The van der Waals surface area contributed by atoms with E-state index in [4.69, 9.17) is 6.42 Å². The maximum atomic E-state index is 13.7. The number of nitrogens with one attached hydrogen (secondary N) is 1. The lowest BCUT2D eigenvalue weighted by Gasteiger charge is -2.11. The molecule has 1 unspecified atom stereocenters. The van der Waals surface area contributed by atoms with Gasteiger partial charge in [0.25, 0.3) is 5.91 Å². The van der Waals surface area contributed by atoms with Crippen LogP contribution in [0.25, 0.3) is 0 Å². The summed E-state index contributed by atoms with van der Waals surface area (Å²) in [6.45, 7) is 1.57. The number of nitro benzene ring substituents is 1. The number of nitro groups is 1. The summed E-state index contributed by atoms with van der Waals surface area (Å²) in [5, 5.41) is 12.8. The van der Waals surface area contributed by atoms with Gasteiger partial charge >= 0.3 is 5.69 Å². The van der Waals surface area contributed by atoms with Crippen LogP contribution in [-0.4, -0.2) is 16.9 Å². The molecule has 0 saturated heterocycles. The standard InChI is InChI=1S/C12H10F2N2O3/c1-3-4-7(2)15-12(17)9-5-8(13)6-10(11(9)14)16(18)19/h1,5-7H,4H2,2H3,(H,15,17). The average Bonchev–Trinajstić information content (AvgIpc) is 2.31. The van der Waals surface area contributed by atoms with E-state index in [0.717, 1.165) is 0 Å². The van der Waals surface area contributed by atoms with Crippen molar-refractivity contribution in [3.63, 3.8) is 0 Å². The fraction of sp³-hybridized carbons (Fsp3) is 0.250. The Hall–Kier alpha value is -2.49. The monoisotopic (exact) mass is 268 g/mol. The van der Waals surface area contributed by atoms with E-state index in [1.807, 2.05) is 0 Å². The molecule has 19 heavy (non-hydrogen) atoms. The molecule has 0 fully saturated rings. The Morgan fingerprint density at radius 2 is 2.21 bits per heavy atom. The van der Waals surface area contributed by atoms with Gasteiger partial charge in [-0.2, -0.15) is 4.39 Å². The third kappa shape index (κ3) is 3.48. The van der Waals surface area contributed by atoms with Crippen LogP contribution < -0.4 is 5.32 Å². The molecule has 0 spiro atoms. The van der Waals surface area contributed by atoms with Crippen molar-refractivity contribution in [1.82, 2.24) is 5.32 Å². The van der Waals surface area contributed by atoms with Gasteiger partial charge in [0.05, 0.1) is 16.6 Å². The molecule has 1 aromatic carbocycles. The van der Waals surface area contributed by atoms with Gasteiger partial charge in [0, 0.05) is 12.5 Å². The number of hydrogen-bond acceptors (Lipinski definition) is 3. The predicted molar refractivity (Wildman–Crippen MR) is 63.4 cm³/mol. The molecule has 1 rings (SSSR count). The summed E-state index contributed by atoms with van der Waals surface area (Å²) in [5.74, 6) is -1.11. The minimum absolute atomic E-state index is 0.199. The highest BCUT2D eigenvalue weighted by atomic mass is 19.1. The van der Waals surface area contributed by atoms with E-state index in [0.29, 0.717) is 12.1 Å². The second kappa shape index (κ2) is 5.91. The number of carbonyl (C=O) groups is 1. The Labute approximate surface area is 107 Å². The largest absolute Gasteiger partial charge is 0.349 e. The van der Waals surface area contributed by atoms with Crippen LogP contribution in [0.3, 0.4) is 0 Å². The van der Waals surface area contributed by atoms with Crippen LogP contribution in [-0.2, 0) is 0 Å². The lowest BCUT2D eigenvalue weighted by molar-refractivity contribution is -0.387. The van der Waals surface area contributed by atoms with Gasteiger partial charge in [-0.3, -0.25) is 14.9 Å². The highest BCUT2D eigenvalue weighted by Gasteiger charge is 2.24.